The topological polar surface area (TPSA) is 54.8 Å². The van der Waals surface area contributed by atoms with Gasteiger partial charge in [0.15, 0.2) is 5.13 Å². The van der Waals surface area contributed by atoms with Crippen LogP contribution >= 0.6 is 22.7 Å². The van der Waals surface area contributed by atoms with Crippen LogP contribution in [-0.2, 0) is 22.4 Å². The molecule has 0 saturated carbocycles. The molecule has 1 fully saturated rings. The van der Waals surface area contributed by atoms with Gasteiger partial charge in [-0.3, -0.25) is 4.79 Å². The maximum Gasteiger partial charge on any atom is 0.246 e. The fourth-order valence-corrected chi connectivity index (χ4v) is 5.73. The van der Waals surface area contributed by atoms with Crippen molar-refractivity contribution in [3.8, 4) is 0 Å². The Morgan fingerprint density at radius 2 is 2.04 bits per heavy atom. The SMILES string of the molecule is CCC(=O)N=c1sc(N2CCOCC2)nc2sc3c(c12)CCCC3. The van der Waals surface area contributed by atoms with Gasteiger partial charge in [-0.15, -0.1) is 11.3 Å². The number of rotatable bonds is 2. The van der Waals surface area contributed by atoms with Crippen LogP contribution in [0.25, 0.3) is 10.2 Å². The minimum Gasteiger partial charge on any atom is -0.378 e. The van der Waals surface area contributed by atoms with Crippen molar-refractivity contribution in [2.24, 2.45) is 4.99 Å². The average Bonchev–Trinajstić information content (AvgIpc) is 3.01. The number of hydrogen-bond acceptors (Lipinski definition) is 6. The summed E-state index contributed by atoms with van der Waals surface area (Å²) >= 11 is 3.35. The zero-order valence-corrected chi connectivity index (χ0v) is 15.5. The van der Waals surface area contributed by atoms with Crippen LogP contribution in [0.2, 0.25) is 0 Å². The van der Waals surface area contributed by atoms with E-state index in [1.54, 1.807) is 22.7 Å². The largest absolute Gasteiger partial charge is 0.378 e. The van der Waals surface area contributed by atoms with Crippen LogP contribution in [0.3, 0.4) is 0 Å². The zero-order valence-electron chi connectivity index (χ0n) is 13.8. The van der Waals surface area contributed by atoms with Crippen LogP contribution in [0.1, 0.15) is 36.6 Å². The van der Waals surface area contributed by atoms with Gasteiger partial charge in [-0.1, -0.05) is 18.3 Å². The first-order valence-electron chi connectivity index (χ1n) is 8.62. The van der Waals surface area contributed by atoms with Gasteiger partial charge in [0.1, 0.15) is 9.50 Å². The number of nitrogens with zero attached hydrogens (tertiary/aromatic N) is 3. The van der Waals surface area contributed by atoms with Crippen molar-refractivity contribution in [1.29, 1.82) is 0 Å². The van der Waals surface area contributed by atoms with Gasteiger partial charge in [-0.25, -0.2) is 9.98 Å². The van der Waals surface area contributed by atoms with Gasteiger partial charge in [0.25, 0.3) is 0 Å². The summed E-state index contributed by atoms with van der Waals surface area (Å²) in [7, 11) is 0. The average molecular weight is 364 g/mol. The Labute approximate surface area is 149 Å². The van der Waals surface area contributed by atoms with Crippen molar-refractivity contribution in [2.45, 2.75) is 39.0 Å². The normalized spacial score (nSPS) is 18.9. The lowest BCUT2D eigenvalue weighted by Crippen LogP contribution is -2.36. The van der Waals surface area contributed by atoms with Crippen molar-refractivity contribution >= 4 is 43.9 Å². The van der Waals surface area contributed by atoms with Crippen molar-refractivity contribution in [2.75, 3.05) is 31.2 Å². The van der Waals surface area contributed by atoms with E-state index in [0.717, 1.165) is 59.2 Å². The number of aryl methyl sites for hydroxylation is 2. The maximum absolute atomic E-state index is 12.0. The minimum absolute atomic E-state index is 0.0533. The number of thiophene rings is 1. The third-order valence-corrected chi connectivity index (χ3v) is 6.77. The molecule has 4 rings (SSSR count). The summed E-state index contributed by atoms with van der Waals surface area (Å²) in [4.78, 5) is 26.1. The highest BCUT2D eigenvalue weighted by atomic mass is 32.1. The Morgan fingerprint density at radius 3 is 2.83 bits per heavy atom. The molecule has 1 saturated heterocycles. The molecule has 5 nitrogen and oxygen atoms in total. The molecule has 0 radical (unpaired) electrons. The van der Waals surface area contributed by atoms with E-state index in [-0.39, 0.29) is 5.91 Å². The summed E-state index contributed by atoms with van der Waals surface area (Å²) in [6.07, 6.45) is 5.13. The summed E-state index contributed by atoms with van der Waals surface area (Å²) in [5, 5.41) is 2.10. The summed E-state index contributed by atoms with van der Waals surface area (Å²) in [6.45, 7) is 5.02. The Balaban J connectivity index is 1.91. The molecule has 0 unspecified atom stereocenters. The van der Waals surface area contributed by atoms with Gasteiger partial charge >= 0.3 is 0 Å². The fourth-order valence-electron chi connectivity index (χ4n) is 3.26. The van der Waals surface area contributed by atoms with Crippen molar-refractivity contribution < 1.29 is 9.53 Å². The maximum atomic E-state index is 12.0. The summed E-state index contributed by atoms with van der Waals surface area (Å²) < 4.78 is 6.30. The standard InChI is InChI=1S/C17H21N3O2S2/c1-2-13(21)18-15-14-11-5-3-4-6-12(11)23-16(14)19-17(24-15)20-7-9-22-10-8-20/h2-10H2,1H3. The van der Waals surface area contributed by atoms with E-state index in [1.165, 1.54) is 23.3 Å². The second-order valence-electron chi connectivity index (χ2n) is 6.15. The van der Waals surface area contributed by atoms with Gasteiger partial charge in [0.05, 0.1) is 18.6 Å². The van der Waals surface area contributed by atoms with Gasteiger partial charge in [-0.2, -0.15) is 0 Å². The van der Waals surface area contributed by atoms with E-state index in [2.05, 4.69) is 9.89 Å². The molecular formula is C17H21N3O2S2. The highest BCUT2D eigenvalue weighted by molar-refractivity contribution is 7.20. The number of anilines is 1. The molecule has 2 aromatic heterocycles. The summed E-state index contributed by atoms with van der Waals surface area (Å²) in [5.74, 6) is -0.0533. The predicted molar refractivity (Wildman–Crippen MR) is 98.0 cm³/mol. The number of aromatic nitrogens is 1. The molecule has 24 heavy (non-hydrogen) atoms. The first-order valence-corrected chi connectivity index (χ1v) is 10.2. The minimum atomic E-state index is -0.0533. The number of fused-ring (bicyclic) bond motifs is 3. The van der Waals surface area contributed by atoms with Gasteiger partial charge < -0.3 is 9.64 Å². The summed E-state index contributed by atoms with van der Waals surface area (Å²) in [6, 6.07) is 0. The Morgan fingerprint density at radius 1 is 1.25 bits per heavy atom. The van der Waals surface area contributed by atoms with Crippen LogP contribution in [0, 0.1) is 0 Å². The molecule has 0 atom stereocenters. The molecule has 1 aliphatic carbocycles. The van der Waals surface area contributed by atoms with Gasteiger partial charge in [-0.05, 0) is 31.2 Å². The molecule has 3 heterocycles. The first kappa shape index (κ1) is 16.2. The highest BCUT2D eigenvalue weighted by Gasteiger charge is 2.21. The molecule has 2 aromatic rings. The van der Waals surface area contributed by atoms with E-state index >= 15 is 0 Å². The Kier molecular flexibility index (Phi) is 4.65. The van der Waals surface area contributed by atoms with Crippen LogP contribution in [-0.4, -0.2) is 37.2 Å². The second kappa shape index (κ2) is 6.90. The monoisotopic (exact) mass is 363 g/mol. The second-order valence-corrected chi connectivity index (χ2v) is 8.19. The summed E-state index contributed by atoms with van der Waals surface area (Å²) in [5.41, 5.74) is 1.39. The van der Waals surface area contributed by atoms with E-state index < -0.39 is 0 Å². The number of hydrogen-bond donors (Lipinski definition) is 0. The predicted octanol–water partition coefficient (Wildman–Crippen LogP) is 2.91. The molecule has 1 amide bonds. The first-order chi connectivity index (χ1) is 11.8. The molecule has 128 valence electrons. The number of amides is 1. The van der Waals surface area contributed by atoms with Crippen molar-refractivity contribution in [3.05, 3.63) is 15.1 Å². The lowest BCUT2D eigenvalue weighted by Gasteiger charge is -2.27. The van der Waals surface area contributed by atoms with Crippen LogP contribution in [0.5, 0.6) is 0 Å². The van der Waals surface area contributed by atoms with Gasteiger partial charge in [0.2, 0.25) is 5.91 Å². The van der Waals surface area contributed by atoms with Crippen molar-refractivity contribution in [1.82, 2.24) is 4.98 Å². The third kappa shape index (κ3) is 3.00. The fraction of sp³-hybridized carbons (Fsp3) is 0.588. The highest BCUT2D eigenvalue weighted by Crippen LogP contribution is 2.35. The van der Waals surface area contributed by atoms with E-state index in [1.807, 2.05) is 6.92 Å². The Bertz CT molecular complexity index is 834. The van der Waals surface area contributed by atoms with Gasteiger partial charge in [0, 0.05) is 24.4 Å². The number of ether oxygens (including phenoxy) is 1. The quantitative estimate of drug-likeness (QED) is 0.823. The molecule has 7 heteroatoms. The lowest BCUT2D eigenvalue weighted by atomic mass is 9.97. The van der Waals surface area contributed by atoms with E-state index in [0.29, 0.717) is 6.42 Å². The zero-order chi connectivity index (χ0) is 16.5. The number of morpholine rings is 1. The molecule has 2 aliphatic rings. The van der Waals surface area contributed by atoms with Crippen LogP contribution < -0.4 is 9.57 Å². The van der Waals surface area contributed by atoms with Crippen LogP contribution in [0.15, 0.2) is 4.99 Å². The Hall–Kier alpha value is -1.31. The number of carbonyl (C=O) groups excluding carboxylic acids is 1. The molecule has 1 aliphatic heterocycles. The number of carbonyl (C=O) groups is 1. The third-order valence-electron chi connectivity index (χ3n) is 4.56. The molecule has 0 spiro atoms. The lowest BCUT2D eigenvalue weighted by molar-refractivity contribution is -0.117. The molecular weight excluding hydrogens is 342 g/mol. The van der Waals surface area contributed by atoms with E-state index in [9.17, 15) is 4.79 Å². The molecule has 0 bridgehead atoms. The smallest absolute Gasteiger partial charge is 0.246 e. The van der Waals surface area contributed by atoms with Crippen LogP contribution in [0.4, 0.5) is 5.13 Å². The van der Waals surface area contributed by atoms with E-state index in [4.69, 9.17) is 9.72 Å². The van der Waals surface area contributed by atoms with Crippen molar-refractivity contribution in [3.63, 3.8) is 0 Å². The molecule has 0 aromatic carbocycles. The molecule has 0 N–H and O–H groups in total.